The molecule has 1 atom stereocenters. The summed E-state index contributed by atoms with van der Waals surface area (Å²) in [4.78, 5) is 6.07. The Labute approximate surface area is 138 Å². The molecule has 8 heteroatoms. The smallest absolute Gasteiger partial charge is 0.239 e. The Morgan fingerprint density at radius 1 is 1.26 bits per heavy atom. The first-order valence-corrected chi connectivity index (χ1v) is 9.97. The van der Waals surface area contributed by atoms with E-state index in [1.54, 1.807) is 18.2 Å². The van der Waals surface area contributed by atoms with Gasteiger partial charge in [-0.1, -0.05) is 12.1 Å². The van der Waals surface area contributed by atoms with Gasteiger partial charge in [-0.15, -0.1) is 11.3 Å². The van der Waals surface area contributed by atoms with E-state index in [9.17, 15) is 8.42 Å². The zero-order chi connectivity index (χ0) is 16.1. The number of thiazole rings is 1. The van der Waals surface area contributed by atoms with Crippen molar-refractivity contribution in [3.8, 4) is 0 Å². The van der Waals surface area contributed by atoms with Crippen molar-refractivity contribution in [1.29, 1.82) is 0 Å². The van der Waals surface area contributed by atoms with Gasteiger partial charge >= 0.3 is 0 Å². The van der Waals surface area contributed by atoms with Crippen LogP contribution in [-0.4, -0.2) is 55.6 Å². The molecule has 5 nitrogen and oxygen atoms in total. The minimum absolute atomic E-state index is 0.123. The summed E-state index contributed by atoms with van der Waals surface area (Å²) in [5.41, 5.74) is -2.47. The monoisotopic (exact) mass is 356 g/mol. The van der Waals surface area contributed by atoms with Crippen molar-refractivity contribution in [3.63, 3.8) is 0 Å². The van der Waals surface area contributed by atoms with E-state index in [1.165, 1.54) is 0 Å². The molecule has 0 radical (unpaired) electrons. The second-order valence-electron chi connectivity index (χ2n) is 6.10. The third-order valence-corrected chi connectivity index (χ3v) is 7.99. The maximum Gasteiger partial charge on any atom is 0.239 e. The van der Waals surface area contributed by atoms with Gasteiger partial charge in [0.25, 0.3) is 0 Å². The van der Waals surface area contributed by atoms with Crippen molar-refractivity contribution >= 4 is 31.4 Å². The summed E-state index contributed by atoms with van der Waals surface area (Å²) >= 11 is 1.03. The maximum absolute atomic E-state index is 15.2. The minimum atomic E-state index is -4.14. The lowest BCUT2D eigenvalue weighted by Gasteiger charge is -2.49. The molecule has 2 aliphatic heterocycles. The second-order valence-corrected chi connectivity index (χ2v) is 9.28. The Morgan fingerprint density at radius 2 is 1.96 bits per heavy atom. The number of hydrogen-bond acceptors (Lipinski definition) is 6. The number of aromatic nitrogens is 1. The van der Waals surface area contributed by atoms with Gasteiger partial charge in [-0.25, -0.2) is 17.8 Å². The van der Waals surface area contributed by atoms with Crippen molar-refractivity contribution in [2.24, 2.45) is 0 Å². The molecule has 2 aliphatic rings. The summed E-state index contributed by atoms with van der Waals surface area (Å²) < 4.78 is 46.6. The zero-order valence-corrected chi connectivity index (χ0v) is 14.1. The molecule has 0 saturated carbocycles. The van der Waals surface area contributed by atoms with Crippen LogP contribution >= 0.6 is 11.3 Å². The molecule has 2 saturated heterocycles. The average Bonchev–Trinajstić information content (AvgIpc) is 3.15. The van der Waals surface area contributed by atoms with Crippen molar-refractivity contribution < 1.29 is 17.5 Å². The number of likely N-dealkylation sites (tertiary alicyclic amines) is 1. The first kappa shape index (κ1) is 15.4. The molecule has 1 aromatic heterocycles. The summed E-state index contributed by atoms with van der Waals surface area (Å²) in [6, 6.07) is 7.13. The number of para-hydroxylation sites is 1. The van der Waals surface area contributed by atoms with Crippen LogP contribution in [0.3, 0.4) is 0 Å². The minimum Gasteiger partial charge on any atom is -0.377 e. The second kappa shape index (κ2) is 5.47. The predicted molar refractivity (Wildman–Crippen MR) is 86.1 cm³/mol. The predicted octanol–water partition coefficient (Wildman–Crippen LogP) is 2.23. The normalized spacial score (nSPS) is 23.0. The third kappa shape index (κ3) is 2.31. The number of halogens is 1. The van der Waals surface area contributed by atoms with Crippen LogP contribution in [0.1, 0.15) is 12.8 Å². The van der Waals surface area contributed by atoms with E-state index in [-0.39, 0.29) is 17.6 Å². The van der Waals surface area contributed by atoms with Crippen LogP contribution in [0.15, 0.2) is 28.6 Å². The summed E-state index contributed by atoms with van der Waals surface area (Å²) in [5, 5.41) is 0. The molecule has 2 aromatic rings. The van der Waals surface area contributed by atoms with Crippen LogP contribution in [0.4, 0.5) is 4.39 Å². The van der Waals surface area contributed by atoms with E-state index in [1.807, 2.05) is 11.0 Å². The van der Waals surface area contributed by atoms with Gasteiger partial charge in [0, 0.05) is 0 Å². The first-order chi connectivity index (χ1) is 11.0. The fourth-order valence-corrected chi connectivity index (χ4v) is 6.23. The number of nitrogens with zero attached hydrogens (tertiary/aromatic N) is 2. The van der Waals surface area contributed by atoms with Crippen LogP contribution in [0.5, 0.6) is 0 Å². The van der Waals surface area contributed by atoms with Crippen LogP contribution in [0, 0.1) is 0 Å². The van der Waals surface area contributed by atoms with Gasteiger partial charge in [0.15, 0.2) is 0 Å². The molecule has 3 heterocycles. The third-order valence-electron chi connectivity index (χ3n) is 4.65. The summed E-state index contributed by atoms with van der Waals surface area (Å²) in [7, 11) is -4.14. The average molecular weight is 356 g/mol. The Kier molecular flexibility index (Phi) is 3.67. The Morgan fingerprint density at radius 3 is 2.57 bits per heavy atom. The molecule has 1 aromatic carbocycles. The van der Waals surface area contributed by atoms with Crippen LogP contribution in [0.2, 0.25) is 0 Å². The molecule has 23 heavy (non-hydrogen) atoms. The zero-order valence-electron chi connectivity index (χ0n) is 12.4. The van der Waals surface area contributed by atoms with Crippen LogP contribution < -0.4 is 0 Å². The number of alkyl halides is 1. The highest BCUT2D eigenvalue weighted by molar-refractivity contribution is 7.94. The van der Waals surface area contributed by atoms with Gasteiger partial charge in [0.2, 0.25) is 19.7 Å². The van der Waals surface area contributed by atoms with Crippen molar-refractivity contribution in [2.45, 2.75) is 28.2 Å². The van der Waals surface area contributed by atoms with E-state index in [0.717, 1.165) is 42.0 Å². The molecular weight excluding hydrogens is 339 g/mol. The number of rotatable bonds is 4. The standard InChI is InChI=1S/C15H17FN2O3S2/c16-13(15(9-21-10-15)18-7-3-4-8-18)23(19,20)14-17-11-5-1-2-6-12(11)22-14/h1-2,5-6,13H,3-4,7-10H2. The van der Waals surface area contributed by atoms with E-state index in [0.29, 0.717) is 5.52 Å². The van der Waals surface area contributed by atoms with Gasteiger partial charge < -0.3 is 4.74 Å². The van der Waals surface area contributed by atoms with Gasteiger partial charge in [0.05, 0.1) is 23.4 Å². The molecule has 0 N–H and O–H groups in total. The summed E-state index contributed by atoms with van der Waals surface area (Å²) in [6.45, 7) is 1.69. The van der Waals surface area contributed by atoms with E-state index >= 15 is 4.39 Å². The number of fused-ring (bicyclic) bond motifs is 1. The lowest BCUT2D eigenvalue weighted by Crippen LogP contribution is -2.68. The van der Waals surface area contributed by atoms with Crippen LogP contribution in [0.25, 0.3) is 10.2 Å². The van der Waals surface area contributed by atoms with Crippen molar-refractivity contribution in [1.82, 2.24) is 9.88 Å². The van der Waals surface area contributed by atoms with E-state index < -0.39 is 20.9 Å². The van der Waals surface area contributed by atoms with Gasteiger partial charge in [-0.2, -0.15) is 0 Å². The molecule has 4 rings (SSSR count). The number of ether oxygens (including phenoxy) is 1. The number of benzene rings is 1. The molecule has 1 unspecified atom stereocenters. The lowest BCUT2D eigenvalue weighted by molar-refractivity contribution is -0.151. The summed E-state index contributed by atoms with van der Waals surface area (Å²) in [5.74, 6) is 0. The van der Waals surface area contributed by atoms with Crippen LogP contribution in [-0.2, 0) is 14.6 Å². The number of hydrogen-bond donors (Lipinski definition) is 0. The van der Waals surface area contributed by atoms with Gasteiger partial charge in [0.1, 0.15) is 5.54 Å². The Bertz CT molecular complexity index is 793. The fourth-order valence-electron chi connectivity index (χ4n) is 3.28. The maximum atomic E-state index is 15.2. The Balaban J connectivity index is 1.72. The lowest BCUT2D eigenvalue weighted by atomic mass is 9.97. The summed E-state index contributed by atoms with van der Waals surface area (Å²) in [6.07, 6.45) is 1.94. The van der Waals surface area contributed by atoms with Gasteiger partial charge in [-0.05, 0) is 38.1 Å². The topological polar surface area (TPSA) is 59.5 Å². The highest BCUT2D eigenvalue weighted by atomic mass is 32.2. The van der Waals surface area contributed by atoms with E-state index in [4.69, 9.17) is 4.74 Å². The Hall–Kier alpha value is -1.09. The first-order valence-electron chi connectivity index (χ1n) is 7.60. The largest absolute Gasteiger partial charge is 0.377 e. The highest BCUT2D eigenvalue weighted by Gasteiger charge is 2.57. The molecule has 0 spiro atoms. The molecule has 0 bridgehead atoms. The van der Waals surface area contributed by atoms with Crippen molar-refractivity contribution in [2.75, 3.05) is 26.3 Å². The molecule has 2 fully saturated rings. The van der Waals surface area contributed by atoms with Gasteiger partial charge in [-0.3, -0.25) is 4.90 Å². The number of sulfone groups is 1. The molecular formula is C15H17FN2O3S2. The molecule has 0 aliphatic carbocycles. The molecule has 124 valence electrons. The SMILES string of the molecule is O=S(=O)(c1nc2ccccc2s1)C(F)C1(N2CCCC2)COC1. The quantitative estimate of drug-likeness (QED) is 0.841. The highest BCUT2D eigenvalue weighted by Crippen LogP contribution is 2.39. The molecule has 0 amide bonds. The fraction of sp³-hybridized carbons (Fsp3) is 0.533. The van der Waals surface area contributed by atoms with E-state index in [2.05, 4.69) is 4.98 Å². The van der Waals surface area contributed by atoms with Crippen molar-refractivity contribution in [3.05, 3.63) is 24.3 Å².